The molecule has 0 saturated carbocycles. The van der Waals surface area contributed by atoms with Gasteiger partial charge in [-0.25, -0.2) is 17.9 Å². The van der Waals surface area contributed by atoms with Crippen LogP contribution in [0.5, 0.6) is 5.75 Å². The highest BCUT2D eigenvalue weighted by molar-refractivity contribution is 7.99. The van der Waals surface area contributed by atoms with Gasteiger partial charge < -0.3 is 9.47 Å². The monoisotopic (exact) mass is 337 g/mol. The van der Waals surface area contributed by atoms with E-state index in [9.17, 15) is 17.6 Å². The van der Waals surface area contributed by atoms with Gasteiger partial charge in [-0.15, -0.1) is 11.8 Å². The number of alkyl halides is 1. The maximum Gasteiger partial charge on any atom is 0.380 e. The smallest absolute Gasteiger partial charge is 0.380 e. The first-order valence-corrected chi connectivity index (χ1v) is 8.75. The van der Waals surface area contributed by atoms with Crippen LogP contribution in [-0.2, 0) is 19.6 Å². The largest absolute Gasteiger partial charge is 0.464 e. The summed E-state index contributed by atoms with van der Waals surface area (Å²) in [6.07, 6.45) is -1.06. The number of methoxy groups -OCH3 is 1. The number of hydrogen-bond acceptors (Lipinski definition) is 6. The van der Waals surface area contributed by atoms with Crippen molar-refractivity contribution in [2.75, 3.05) is 25.7 Å². The lowest BCUT2D eigenvalue weighted by Crippen LogP contribution is -2.24. The van der Waals surface area contributed by atoms with Crippen LogP contribution in [-0.4, -0.2) is 46.4 Å². The molecule has 1 N–H and O–H groups in total. The van der Waals surface area contributed by atoms with Crippen LogP contribution in [0.25, 0.3) is 0 Å². The van der Waals surface area contributed by atoms with E-state index in [-0.39, 0.29) is 5.75 Å². The molecular formula is C12H16FNO5S2. The van der Waals surface area contributed by atoms with Gasteiger partial charge in [-0.05, 0) is 24.3 Å². The van der Waals surface area contributed by atoms with Gasteiger partial charge in [-0.3, -0.25) is 0 Å². The molecule has 0 fully saturated rings. The number of benzene rings is 1. The minimum Gasteiger partial charge on any atom is -0.464 e. The highest BCUT2D eigenvalue weighted by Crippen LogP contribution is 2.22. The molecule has 0 heterocycles. The number of nitrogens with one attached hydrogen (secondary N) is 1. The molecule has 0 aromatic heterocycles. The Bertz CT molecular complexity index is 562. The fourth-order valence-electron chi connectivity index (χ4n) is 1.27. The van der Waals surface area contributed by atoms with Crippen molar-refractivity contribution in [2.24, 2.45) is 0 Å². The number of carbonyl (C=O) groups excluding carboxylic acids is 1. The Hall–Kier alpha value is -1.32. The highest BCUT2D eigenvalue weighted by Gasteiger charge is 2.19. The van der Waals surface area contributed by atoms with E-state index in [1.807, 2.05) is 0 Å². The summed E-state index contributed by atoms with van der Waals surface area (Å²) >= 11 is 1.43. The fourth-order valence-corrected chi connectivity index (χ4v) is 2.64. The van der Waals surface area contributed by atoms with Crippen molar-refractivity contribution in [3.05, 3.63) is 24.3 Å². The molecule has 1 aromatic rings. The number of rotatable bonds is 8. The van der Waals surface area contributed by atoms with Crippen molar-refractivity contribution in [3.8, 4) is 5.75 Å². The Morgan fingerprint density at radius 2 is 2.00 bits per heavy atom. The predicted octanol–water partition coefficient (Wildman–Crippen LogP) is 1.18. The van der Waals surface area contributed by atoms with Crippen molar-refractivity contribution < 1.29 is 27.1 Å². The zero-order valence-electron chi connectivity index (χ0n) is 11.5. The number of esters is 1. The van der Waals surface area contributed by atoms with E-state index in [0.29, 0.717) is 12.3 Å². The Balaban J connectivity index is 2.42. The number of halogens is 1. The number of thioether (sulfide) groups is 1. The molecule has 0 spiro atoms. The molecule has 6 nitrogen and oxygen atoms in total. The molecular weight excluding hydrogens is 321 g/mol. The zero-order valence-corrected chi connectivity index (χ0v) is 13.2. The average Bonchev–Trinajstić information content (AvgIpc) is 2.43. The maximum atomic E-state index is 13.2. The minimum absolute atomic E-state index is 0.200. The van der Waals surface area contributed by atoms with E-state index < -0.39 is 22.4 Å². The van der Waals surface area contributed by atoms with Crippen molar-refractivity contribution in [2.45, 2.75) is 11.3 Å². The fraction of sp³-hybridized carbons (Fsp3) is 0.417. The first-order valence-electron chi connectivity index (χ1n) is 5.88. The number of ether oxygens (including phenoxy) is 2. The predicted molar refractivity (Wildman–Crippen MR) is 77.6 cm³/mol. The Morgan fingerprint density at radius 3 is 2.52 bits per heavy atom. The third-order valence-electron chi connectivity index (χ3n) is 2.18. The molecule has 0 aliphatic rings. The SMILES string of the molecule is COC(=O)C(F)Oc1ccc(SCCNS(C)(=O)=O)cc1. The molecule has 0 radical (unpaired) electrons. The molecule has 9 heteroatoms. The molecule has 1 unspecified atom stereocenters. The second-order valence-corrected chi connectivity index (χ2v) is 6.94. The minimum atomic E-state index is -3.18. The third kappa shape index (κ3) is 7.30. The number of carbonyl (C=O) groups is 1. The summed E-state index contributed by atoms with van der Waals surface area (Å²) in [6, 6.07) is 6.40. The molecule has 0 amide bonds. The zero-order chi connectivity index (χ0) is 15.9. The van der Waals surface area contributed by atoms with Crippen molar-refractivity contribution in [1.29, 1.82) is 0 Å². The molecule has 1 atom stereocenters. The average molecular weight is 337 g/mol. The maximum absolute atomic E-state index is 13.2. The standard InChI is InChI=1S/C12H16FNO5S2/c1-18-12(15)11(13)19-9-3-5-10(6-4-9)20-8-7-14-21(2,16)17/h3-6,11,14H,7-8H2,1-2H3. The van der Waals surface area contributed by atoms with Gasteiger partial charge in [0.25, 0.3) is 0 Å². The van der Waals surface area contributed by atoms with Crippen molar-refractivity contribution in [3.63, 3.8) is 0 Å². The summed E-state index contributed by atoms with van der Waals surface area (Å²) in [5.74, 6) is -0.340. The van der Waals surface area contributed by atoms with E-state index in [2.05, 4.69) is 9.46 Å². The lowest BCUT2D eigenvalue weighted by molar-refractivity contribution is -0.157. The Kier molecular flexibility index (Phi) is 6.93. The topological polar surface area (TPSA) is 81.7 Å². The molecule has 0 saturated heterocycles. The summed E-state index contributed by atoms with van der Waals surface area (Å²) in [6.45, 7) is 0.316. The van der Waals surface area contributed by atoms with Gasteiger partial charge in [0.15, 0.2) is 0 Å². The van der Waals surface area contributed by atoms with E-state index >= 15 is 0 Å². The van der Waals surface area contributed by atoms with Gasteiger partial charge in [-0.2, -0.15) is 4.39 Å². The summed E-state index contributed by atoms with van der Waals surface area (Å²) in [5, 5.41) is 0. The van der Waals surface area contributed by atoms with Crippen molar-refractivity contribution in [1.82, 2.24) is 4.72 Å². The second kappa shape index (κ2) is 8.20. The molecule has 0 aliphatic heterocycles. The molecule has 0 aliphatic carbocycles. The lowest BCUT2D eigenvalue weighted by Gasteiger charge is -2.09. The van der Waals surface area contributed by atoms with Crippen LogP contribution in [0.15, 0.2) is 29.2 Å². The first kappa shape index (κ1) is 17.7. The molecule has 1 rings (SSSR count). The third-order valence-corrected chi connectivity index (χ3v) is 3.93. The highest BCUT2D eigenvalue weighted by atomic mass is 32.2. The Labute approximate surface area is 127 Å². The van der Waals surface area contributed by atoms with Crippen LogP contribution in [0.2, 0.25) is 0 Å². The van der Waals surface area contributed by atoms with E-state index in [4.69, 9.17) is 4.74 Å². The van der Waals surface area contributed by atoms with Crippen LogP contribution in [0.3, 0.4) is 0 Å². The summed E-state index contributed by atoms with van der Waals surface area (Å²) in [4.78, 5) is 11.7. The van der Waals surface area contributed by atoms with Crippen molar-refractivity contribution >= 4 is 27.8 Å². The van der Waals surface area contributed by atoms with Crippen LogP contribution < -0.4 is 9.46 Å². The van der Waals surface area contributed by atoms with Gasteiger partial charge in [-0.1, -0.05) is 0 Å². The second-order valence-electron chi connectivity index (χ2n) is 3.94. The van der Waals surface area contributed by atoms with Gasteiger partial charge in [0.2, 0.25) is 10.0 Å². The Morgan fingerprint density at radius 1 is 1.38 bits per heavy atom. The van der Waals surface area contributed by atoms with Crippen LogP contribution >= 0.6 is 11.8 Å². The van der Waals surface area contributed by atoms with Crippen LogP contribution in [0.1, 0.15) is 0 Å². The van der Waals surface area contributed by atoms with Gasteiger partial charge in [0.1, 0.15) is 5.75 Å². The molecule has 118 valence electrons. The van der Waals surface area contributed by atoms with Gasteiger partial charge in [0, 0.05) is 17.2 Å². The normalized spacial score (nSPS) is 12.7. The van der Waals surface area contributed by atoms with E-state index in [1.54, 1.807) is 12.1 Å². The molecule has 21 heavy (non-hydrogen) atoms. The van der Waals surface area contributed by atoms with Crippen LogP contribution in [0, 0.1) is 0 Å². The van der Waals surface area contributed by atoms with Crippen LogP contribution in [0.4, 0.5) is 4.39 Å². The van der Waals surface area contributed by atoms with Gasteiger partial charge in [0.05, 0.1) is 13.4 Å². The first-order chi connectivity index (χ1) is 9.81. The quantitative estimate of drug-likeness (QED) is 0.436. The summed E-state index contributed by atoms with van der Waals surface area (Å²) in [7, 11) is -2.11. The number of sulfonamides is 1. The van der Waals surface area contributed by atoms with Gasteiger partial charge >= 0.3 is 12.3 Å². The summed E-state index contributed by atoms with van der Waals surface area (Å²) in [5.41, 5.74) is 0. The number of hydrogen-bond donors (Lipinski definition) is 1. The van der Waals surface area contributed by atoms with E-state index in [1.165, 1.54) is 23.9 Å². The van der Waals surface area contributed by atoms with E-state index in [0.717, 1.165) is 18.3 Å². The summed E-state index contributed by atoms with van der Waals surface area (Å²) < 4.78 is 46.2. The molecule has 1 aromatic carbocycles. The molecule has 0 bridgehead atoms. The lowest BCUT2D eigenvalue weighted by atomic mass is 10.3.